The van der Waals surface area contributed by atoms with E-state index in [1.54, 1.807) is 6.07 Å². The summed E-state index contributed by atoms with van der Waals surface area (Å²) >= 11 is 6.15. The summed E-state index contributed by atoms with van der Waals surface area (Å²) in [6.45, 7) is 6.92. The van der Waals surface area contributed by atoms with Crippen LogP contribution < -0.4 is 5.32 Å². The molecule has 1 heterocycles. The van der Waals surface area contributed by atoms with E-state index >= 15 is 0 Å². The summed E-state index contributed by atoms with van der Waals surface area (Å²) in [6, 6.07) is 4.35. The van der Waals surface area contributed by atoms with Gasteiger partial charge in [0.05, 0.1) is 10.7 Å². The van der Waals surface area contributed by atoms with Gasteiger partial charge in [-0.05, 0) is 31.0 Å². The van der Waals surface area contributed by atoms with E-state index in [9.17, 15) is 4.39 Å². The van der Waals surface area contributed by atoms with E-state index in [4.69, 9.17) is 11.6 Å². The van der Waals surface area contributed by atoms with Crippen molar-refractivity contribution in [2.24, 2.45) is 0 Å². The molecule has 0 fully saturated rings. The number of hydrogen-bond acceptors (Lipinski definition) is 3. The number of benzene rings is 1. The van der Waals surface area contributed by atoms with Crippen LogP contribution in [0.3, 0.4) is 0 Å². The van der Waals surface area contributed by atoms with E-state index in [0.717, 1.165) is 29.2 Å². The normalized spacial score (nSPS) is 10.9. The molecule has 1 aromatic heterocycles. The Balaban J connectivity index is 2.64. The summed E-state index contributed by atoms with van der Waals surface area (Å²) in [5.74, 6) is 0.667. The van der Waals surface area contributed by atoms with Crippen LogP contribution in [0.25, 0.3) is 11.3 Å². The van der Waals surface area contributed by atoms with Crippen LogP contribution in [0.4, 0.5) is 10.2 Å². The average molecular weight is 294 g/mol. The Kier molecular flexibility index (Phi) is 4.55. The van der Waals surface area contributed by atoms with Crippen LogP contribution in [-0.4, -0.2) is 16.5 Å². The van der Waals surface area contributed by atoms with Gasteiger partial charge in [-0.2, -0.15) is 0 Å². The maximum absolute atomic E-state index is 13.2. The standard InChI is InChI=1S/C15H17ClFN3/c1-4-18-15-13(9(2)3)14(19-8-20-15)11-6-5-10(17)7-12(11)16/h5-9H,4H2,1-3H3,(H,18,19,20). The predicted molar refractivity (Wildman–Crippen MR) is 80.7 cm³/mol. The zero-order valence-electron chi connectivity index (χ0n) is 11.7. The summed E-state index contributed by atoms with van der Waals surface area (Å²) in [4.78, 5) is 8.63. The highest BCUT2D eigenvalue weighted by Gasteiger charge is 2.18. The molecule has 1 aromatic carbocycles. The number of anilines is 1. The van der Waals surface area contributed by atoms with Gasteiger partial charge in [0, 0.05) is 17.7 Å². The third-order valence-electron chi connectivity index (χ3n) is 2.99. The molecular formula is C15H17ClFN3. The van der Waals surface area contributed by atoms with E-state index in [1.807, 2.05) is 6.92 Å². The molecule has 1 N–H and O–H groups in total. The van der Waals surface area contributed by atoms with Crippen LogP contribution >= 0.6 is 11.6 Å². The second kappa shape index (κ2) is 6.18. The average Bonchev–Trinajstić information content (AvgIpc) is 2.38. The Morgan fingerprint density at radius 1 is 1.30 bits per heavy atom. The molecule has 0 amide bonds. The first kappa shape index (κ1) is 14.7. The highest BCUT2D eigenvalue weighted by Crippen LogP contribution is 2.35. The van der Waals surface area contributed by atoms with Crippen molar-refractivity contribution in [1.29, 1.82) is 0 Å². The third-order valence-corrected chi connectivity index (χ3v) is 3.30. The predicted octanol–water partition coefficient (Wildman–Crippen LogP) is 4.49. The van der Waals surface area contributed by atoms with Crippen LogP contribution in [0.5, 0.6) is 0 Å². The Bertz CT molecular complexity index is 614. The van der Waals surface area contributed by atoms with E-state index in [0.29, 0.717) is 5.02 Å². The summed E-state index contributed by atoms with van der Waals surface area (Å²) in [5.41, 5.74) is 2.46. The van der Waals surface area contributed by atoms with Crippen LogP contribution in [0.15, 0.2) is 24.5 Å². The molecule has 3 nitrogen and oxygen atoms in total. The molecule has 0 spiro atoms. The maximum Gasteiger partial charge on any atom is 0.133 e. The number of nitrogens with zero attached hydrogens (tertiary/aromatic N) is 2. The van der Waals surface area contributed by atoms with Crippen molar-refractivity contribution < 1.29 is 4.39 Å². The Hall–Kier alpha value is -1.68. The summed E-state index contributed by atoms with van der Waals surface area (Å²) < 4.78 is 13.2. The molecule has 0 saturated heterocycles. The Labute approximate surface area is 123 Å². The van der Waals surface area contributed by atoms with Gasteiger partial charge in [-0.15, -0.1) is 0 Å². The first-order valence-corrected chi connectivity index (χ1v) is 6.96. The molecule has 0 bridgehead atoms. The second-order valence-electron chi connectivity index (χ2n) is 4.79. The molecule has 106 valence electrons. The summed E-state index contributed by atoms with van der Waals surface area (Å²) in [7, 11) is 0. The van der Waals surface area contributed by atoms with E-state index in [2.05, 4.69) is 29.1 Å². The molecule has 0 radical (unpaired) electrons. The van der Waals surface area contributed by atoms with Gasteiger partial charge in [-0.3, -0.25) is 0 Å². The first-order chi connectivity index (χ1) is 9.54. The van der Waals surface area contributed by atoms with Gasteiger partial charge >= 0.3 is 0 Å². The number of hydrogen-bond donors (Lipinski definition) is 1. The molecule has 2 rings (SSSR count). The monoisotopic (exact) mass is 293 g/mol. The Morgan fingerprint density at radius 2 is 2.05 bits per heavy atom. The second-order valence-corrected chi connectivity index (χ2v) is 5.20. The van der Waals surface area contributed by atoms with Crippen LogP contribution in [0.1, 0.15) is 32.3 Å². The molecule has 0 aliphatic heterocycles. The van der Waals surface area contributed by atoms with E-state index in [1.165, 1.54) is 18.5 Å². The summed E-state index contributed by atoms with van der Waals surface area (Å²) in [5, 5.41) is 3.58. The van der Waals surface area contributed by atoms with Crippen molar-refractivity contribution in [2.75, 3.05) is 11.9 Å². The zero-order valence-corrected chi connectivity index (χ0v) is 12.5. The highest BCUT2D eigenvalue weighted by atomic mass is 35.5. The van der Waals surface area contributed by atoms with Gasteiger partial charge in [0.15, 0.2) is 0 Å². The number of halogens is 2. The Morgan fingerprint density at radius 3 is 2.65 bits per heavy atom. The lowest BCUT2D eigenvalue weighted by Crippen LogP contribution is -2.07. The molecule has 0 atom stereocenters. The lowest BCUT2D eigenvalue weighted by Gasteiger charge is -2.17. The molecular weight excluding hydrogens is 277 g/mol. The van der Waals surface area contributed by atoms with Crippen LogP contribution in [0.2, 0.25) is 5.02 Å². The number of aromatic nitrogens is 2. The molecule has 20 heavy (non-hydrogen) atoms. The molecule has 2 aromatic rings. The minimum atomic E-state index is -0.356. The van der Waals surface area contributed by atoms with Gasteiger partial charge in [0.1, 0.15) is 18.0 Å². The minimum absolute atomic E-state index is 0.223. The molecule has 5 heteroatoms. The van der Waals surface area contributed by atoms with Crippen molar-refractivity contribution in [3.05, 3.63) is 40.9 Å². The molecule has 0 aliphatic rings. The van der Waals surface area contributed by atoms with Crippen LogP contribution in [-0.2, 0) is 0 Å². The fourth-order valence-corrected chi connectivity index (χ4v) is 2.40. The van der Waals surface area contributed by atoms with E-state index < -0.39 is 0 Å². The summed E-state index contributed by atoms with van der Waals surface area (Å²) in [6.07, 6.45) is 1.50. The molecule has 0 saturated carbocycles. The fourth-order valence-electron chi connectivity index (χ4n) is 2.15. The van der Waals surface area contributed by atoms with E-state index in [-0.39, 0.29) is 11.7 Å². The van der Waals surface area contributed by atoms with Crippen molar-refractivity contribution in [1.82, 2.24) is 9.97 Å². The zero-order chi connectivity index (χ0) is 14.7. The highest BCUT2D eigenvalue weighted by molar-refractivity contribution is 6.33. The fraction of sp³-hybridized carbons (Fsp3) is 0.333. The van der Waals surface area contributed by atoms with Gasteiger partial charge < -0.3 is 5.32 Å². The van der Waals surface area contributed by atoms with Crippen LogP contribution in [0, 0.1) is 5.82 Å². The maximum atomic E-state index is 13.2. The SMILES string of the molecule is CCNc1ncnc(-c2ccc(F)cc2Cl)c1C(C)C. The molecule has 0 unspecified atom stereocenters. The quantitative estimate of drug-likeness (QED) is 0.902. The number of rotatable bonds is 4. The first-order valence-electron chi connectivity index (χ1n) is 6.58. The topological polar surface area (TPSA) is 37.8 Å². The van der Waals surface area contributed by atoms with Gasteiger partial charge in [0.2, 0.25) is 0 Å². The van der Waals surface area contributed by atoms with Crippen molar-refractivity contribution >= 4 is 17.4 Å². The smallest absolute Gasteiger partial charge is 0.133 e. The largest absolute Gasteiger partial charge is 0.370 e. The number of nitrogens with one attached hydrogen (secondary N) is 1. The lowest BCUT2D eigenvalue weighted by molar-refractivity contribution is 0.628. The van der Waals surface area contributed by atoms with Gasteiger partial charge in [-0.25, -0.2) is 14.4 Å². The van der Waals surface area contributed by atoms with Crippen molar-refractivity contribution in [3.8, 4) is 11.3 Å². The van der Waals surface area contributed by atoms with Crippen molar-refractivity contribution in [2.45, 2.75) is 26.7 Å². The lowest BCUT2D eigenvalue weighted by atomic mass is 9.97. The van der Waals surface area contributed by atoms with Crippen molar-refractivity contribution in [3.63, 3.8) is 0 Å². The third kappa shape index (κ3) is 2.90. The minimum Gasteiger partial charge on any atom is -0.370 e. The van der Waals surface area contributed by atoms with Gasteiger partial charge in [-0.1, -0.05) is 25.4 Å². The molecule has 0 aliphatic carbocycles. The van der Waals surface area contributed by atoms with Gasteiger partial charge in [0.25, 0.3) is 0 Å².